The van der Waals surface area contributed by atoms with E-state index in [1.54, 1.807) is 6.20 Å². The molecule has 0 fully saturated rings. The number of benzene rings is 1. The predicted molar refractivity (Wildman–Crippen MR) is 69.0 cm³/mol. The van der Waals surface area contributed by atoms with Gasteiger partial charge in [0.25, 0.3) is 0 Å². The standard InChI is InChI=1S/C12H15N5/c1-8-5-3-4-6-10(8)15-11-9(2)7-14-12(16-11)17-13/h3-7H,13H2,1-2H3,(H2,14,15,16,17). The van der Waals surface area contributed by atoms with Gasteiger partial charge in [0.15, 0.2) is 0 Å². The maximum Gasteiger partial charge on any atom is 0.239 e. The monoisotopic (exact) mass is 229 g/mol. The smallest absolute Gasteiger partial charge is 0.239 e. The van der Waals surface area contributed by atoms with Gasteiger partial charge in [-0.3, -0.25) is 5.43 Å². The molecular formula is C12H15N5. The van der Waals surface area contributed by atoms with Crippen LogP contribution in [-0.4, -0.2) is 9.97 Å². The van der Waals surface area contributed by atoms with E-state index < -0.39 is 0 Å². The number of hydrogen-bond acceptors (Lipinski definition) is 5. The van der Waals surface area contributed by atoms with Crippen LogP contribution in [-0.2, 0) is 0 Å². The molecule has 5 heteroatoms. The molecule has 0 aliphatic carbocycles. The normalized spacial score (nSPS) is 10.1. The van der Waals surface area contributed by atoms with Crippen molar-refractivity contribution in [1.29, 1.82) is 0 Å². The van der Waals surface area contributed by atoms with Gasteiger partial charge in [-0.15, -0.1) is 0 Å². The van der Waals surface area contributed by atoms with E-state index in [9.17, 15) is 0 Å². The highest BCUT2D eigenvalue weighted by Gasteiger charge is 2.04. The summed E-state index contributed by atoms with van der Waals surface area (Å²) in [5.41, 5.74) is 5.58. The Morgan fingerprint density at radius 1 is 1.12 bits per heavy atom. The molecule has 0 amide bonds. The van der Waals surface area contributed by atoms with Gasteiger partial charge in [0.2, 0.25) is 5.95 Å². The third kappa shape index (κ3) is 2.51. The van der Waals surface area contributed by atoms with Crippen molar-refractivity contribution in [3.05, 3.63) is 41.6 Å². The summed E-state index contributed by atoms with van der Waals surface area (Å²) in [6, 6.07) is 8.03. The van der Waals surface area contributed by atoms with Crippen LogP contribution in [0.15, 0.2) is 30.5 Å². The maximum absolute atomic E-state index is 5.29. The molecule has 0 radical (unpaired) electrons. The molecule has 88 valence electrons. The topological polar surface area (TPSA) is 75.9 Å². The minimum Gasteiger partial charge on any atom is -0.340 e. The van der Waals surface area contributed by atoms with Crippen LogP contribution < -0.4 is 16.6 Å². The van der Waals surface area contributed by atoms with Crippen molar-refractivity contribution in [3.63, 3.8) is 0 Å². The second-order valence-electron chi connectivity index (χ2n) is 3.81. The molecule has 1 aromatic carbocycles. The van der Waals surface area contributed by atoms with Crippen molar-refractivity contribution in [2.24, 2.45) is 5.84 Å². The van der Waals surface area contributed by atoms with Gasteiger partial charge in [0.1, 0.15) is 5.82 Å². The molecule has 0 aliphatic heterocycles. The summed E-state index contributed by atoms with van der Waals surface area (Å²) >= 11 is 0. The summed E-state index contributed by atoms with van der Waals surface area (Å²) in [5.74, 6) is 6.44. The number of rotatable bonds is 3. The highest BCUT2D eigenvalue weighted by molar-refractivity contribution is 5.62. The van der Waals surface area contributed by atoms with Gasteiger partial charge in [-0.2, -0.15) is 4.98 Å². The lowest BCUT2D eigenvalue weighted by atomic mass is 10.2. The first-order valence-electron chi connectivity index (χ1n) is 5.33. The largest absolute Gasteiger partial charge is 0.340 e. The molecule has 5 nitrogen and oxygen atoms in total. The molecule has 0 bridgehead atoms. The zero-order valence-corrected chi connectivity index (χ0v) is 9.86. The average molecular weight is 229 g/mol. The SMILES string of the molecule is Cc1ccccc1Nc1nc(NN)ncc1C. The minimum absolute atomic E-state index is 0.395. The third-order valence-corrected chi connectivity index (χ3v) is 2.50. The van der Waals surface area contributed by atoms with Gasteiger partial charge >= 0.3 is 0 Å². The van der Waals surface area contributed by atoms with Gasteiger partial charge < -0.3 is 5.32 Å². The lowest BCUT2D eigenvalue weighted by Gasteiger charge is -2.11. The summed E-state index contributed by atoms with van der Waals surface area (Å²) in [4.78, 5) is 8.30. The van der Waals surface area contributed by atoms with E-state index in [4.69, 9.17) is 5.84 Å². The molecule has 1 aromatic heterocycles. The van der Waals surface area contributed by atoms with Crippen LogP contribution >= 0.6 is 0 Å². The van der Waals surface area contributed by atoms with Crippen LogP contribution in [0.4, 0.5) is 17.5 Å². The van der Waals surface area contributed by atoms with Crippen LogP contribution in [0.3, 0.4) is 0 Å². The Morgan fingerprint density at radius 3 is 2.59 bits per heavy atom. The summed E-state index contributed by atoms with van der Waals surface area (Å²) in [6.07, 6.45) is 1.72. The lowest BCUT2D eigenvalue weighted by Crippen LogP contribution is -2.11. The number of nitrogens with one attached hydrogen (secondary N) is 2. The molecule has 0 aliphatic rings. The third-order valence-electron chi connectivity index (χ3n) is 2.50. The Kier molecular flexibility index (Phi) is 3.20. The molecule has 0 unspecified atom stereocenters. The molecule has 0 saturated heterocycles. The molecule has 2 rings (SSSR count). The molecule has 1 heterocycles. The number of nitrogens with two attached hydrogens (primary N) is 1. The first kappa shape index (κ1) is 11.3. The van der Waals surface area contributed by atoms with E-state index in [2.05, 4.69) is 20.7 Å². The van der Waals surface area contributed by atoms with Gasteiger partial charge in [-0.05, 0) is 25.5 Å². The molecule has 0 spiro atoms. The molecular weight excluding hydrogens is 214 g/mol. The van der Waals surface area contributed by atoms with E-state index >= 15 is 0 Å². The van der Waals surface area contributed by atoms with Crippen molar-refractivity contribution >= 4 is 17.5 Å². The molecule has 0 atom stereocenters. The van der Waals surface area contributed by atoms with Crippen LogP contribution in [0.2, 0.25) is 0 Å². The first-order chi connectivity index (χ1) is 8.20. The molecule has 2 aromatic rings. The highest BCUT2D eigenvalue weighted by atomic mass is 15.3. The number of nitrogen functional groups attached to an aromatic ring is 1. The summed E-state index contributed by atoms with van der Waals surface area (Å²) in [5, 5.41) is 3.27. The lowest BCUT2D eigenvalue weighted by molar-refractivity contribution is 1.09. The van der Waals surface area contributed by atoms with E-state index in [-0.39, 0.29) is 0 Å². The Morgan fingerprint density at radius 2 is 1.88 bits per heavy atom. The maximum atomic E-state index is 5.29. The number of aryl methyl sites for hydroxylation is 2. The van der Waals surface area contributed by atoms with E-state index in [0.717, 1.165) is 22.6 Å². The quantitative estimate of drug-likeness (QED) is 0.555. The first-order valence-corrected chi connectivity index (χ1v) is 5.33. The predicted octanol–water partition coefficient (Wildman–Crippen LogP) is 2.12. The number of para-hydroxylation sites is 1. The minimum atomic E-state index is 0.395. The number of hydrazine groups is 1. The number of nitrogens with zero attached hydrogens (tertiary/aromatic N) is 2. The fraction of sp³-hybridized carbons (Fsp3) is 0.167. The van der Waals surface area contributed by atoms with Crippen LogP contribution in [0.25, 0.3) is 0 Å². The van der Waals surface area contributed by atoms with Crippen LogP contribution in [0.5, 0.6) is 0 Å². The van der Waals surface area contributed by atoms with Crippen molar-refractivity contribution in [2.45, 2.75) is 13.8 Å². The van der Waals surface area contributed by atoms with Crippen molar-refractivity contribution in [2.75, 3.05) is 10.7 Å². The average Bonchev–Trinajstić information content (AvgIpc) is 2.35. The summed E-state index contributed by atoms with van der Waals surface area (Å²) in [7, 11) is 0. The van der Waals surface area contributed by atoms with Crippen LogP contribution in [0, 0.1) is 13.8 Å². The van der Waals surface area contributed by atoms with E-state index in [1.807, 2.05) is 38.1 Å². The number of anilines is 3. The molecule has 17 heavy (non-hydrogen) atoms. The Bertz CT molecular complexity index is 524. The Balaban J connectivity index is 2.32. The zero-order valence-electron chi connectivity index (χ0n) is 9.86. The van der Waals surface area contributed by atoms with Gasteiger partial charge in [-0.25, -0.2) is 10.8 Å². The summed E-state index contributed by atoms with van der Waals surface area (Å²) in [6.45, 7) is 3.99. The van der Waals surface area contributed by atoms with Gasteiger partial charge in [-0.1, -0.05) is 18.2 Å². The number of aromatic nitrogens is 2. The highest BCUT2D eigenvalue weighted by Crippen LogP contribution is 2.21. The van der Waals surface area contributed by atoms with Crippen LogP contribution in [0.1, 0.15) is 11.1 Å². The second kappa shape index (κ2) is 4.80. The van der Waals surface area contributed by atoms with E-state index in [0.29, 0.717) is 5.95 Å². The van der Waals surface area contributed by atoms with Crippen molar-refractivity contribution in [1.82, 2.24) is 9.97 Å². The summed E-state index contributed by atoms with van der Waals surface area (Å²) < 4.78 is 0. The van der Waals surface area contributed by atoms with Crippen molar-refractivity contribution in [3.8, 4) is 0 Å². The Hall–Kier alpha value is -2.14. The molecule has 4 N–H and O–H groups in total. The fourth-order valence-corrected chi connectivity index (χ4v) is 1.48. The fourth-order valence-electron chi connectivity index (χ4n) is 1.48. The molecule has 0 saturated carbocycles. The van der Waals surface area contributed by atoms with Crippen molar-refractivity contribution < 1.29 is 0 Å². The number of hydrogen-bond donors (Lipinski definition) is 3. The second-order valence-corrected chi connectivity index (χ2v) is 3.81. The van der Waals surface area contributed by atoms with Gasteiger partial charge in [0.05, 0.1) is 0 Å². The zero-order chi connectivity index (χ0) is 12.3. The van der Waals surface area contributed by atoms with Gasteiger partial charge in [0, 0.05) is 17.4 Å². The van der Waals surface area contributed by atoms with E-state index in [1.165, 1.54) is 0 Å². The Labute approximate surface area is 100 Å².